The molecule has 3 nitrogen and oxygen atoms in total. The minimum atomic E-state index is 0.480. The van der Waals surface area contributed by atoms with Gasteiger partial charge in [-0.25, -0.2) is 14.8 Å². The van der Waals surface area contributed by atoms with Crippen molar-refractivity contribution >= 4 is 5.69 Å². The molecule has 140 valence electrons. The lowest BCUT2D eigenvalue weighted by molar-refractivity contribution is 1.17. The Hall–Kier alpha value is -3.77. The monoisotopic (exact) mass is 375 g/mol. The van der Waals surface area contributed by atoms with Crippen molar-refractivity contribution in [1.29, 1.82) is 0 Å². The molecule has 0 radical (unpaired) electrons. The Balaban J connectivity index is 2.08. The van der Waals surface area contributed by atoms with Crippen molar-refractivity contribution in [2.45, 2.75) is 20.8 Å². The van der Waals surface area contributed by atoms with E-state index in [1.165, 1.54) is 5.56 Å². The van der Waals surface area contributed by atoms with E-state index in [4.69, 9.17) is 16.5 Å². The summed E-state index contributed by atoms with van der Waals surface area (Å²) in [6.45, 7) is 14.1. The van der Waals surface area contributed by atoms with Crippen LogP contribution in [-0.2, 0) is 0 Å². The molecular formula is C26H21N3. The van der Waals surface area contributed by atoms with Crippen LogP contribution in [0.3, 0.4) is 0 Å². The van der Waals surface area contributed by atoms with E-state index in [1.54, 1.807) is 0 Å². The van der Waals surface area contributed by atoms with Gasteiger partial charge < -0.3 is 0 Å². The summed E-state index contributed by atoms with van der Waals surface area (Å²) < 4.78 is 0. The van der Waals surface area contributed by atoms with Crippen LogP contribution < -0.4 is 0 Å². The number of nitrogens with zero attached hydrogens (tertiary/aromatic N) is 3. The number of hydrogen-bond donors (Lipinski definition) is 0. The second-order valence-electron chi connectivity index (χ2n) is 7.21. The van der Waals surface area contributed by atoms with E-state index < -0.39 is 0 Å². The van der Waals surface area contributed by atoms with Gasteiger partial charge in [-0.1, -0.05) is 78.4 Å². The number of aryl methyl sites for hydroxylation is 3. The summed E-state index contributed by atoms with van der Waals surface area (Å²) in [7, 11) is 0. The fourth-order valence-corrected chi connectivity index (χ4v) is 3.80. The summed E-state index contributed by atoms with van der Waals surface area (Å²) in [6.07, 6.45) is 0. The highest BCUT2D eigenvalue weighted by atomic mass is 14.9. The molecule has 0 aliphatic heterocycles. The van der Waals surface area contributed by atoms with Crippen molar-refractivity contribution < 1.29 is 0 Å². The van der Waals surface area contributed by atoms with Gasteiger partial charge >= 0.3 is 0 Å². The Bertz CT molecular complexity index is 1140. The Morgan fingerprint density at radius 3 is 1.55 bits per heavy atom. The minimum absolute atomic E-state index is 0.480. The van der Waals surface area contributed by atoms with Crippen molar-refractivity contribution in [3.05, 3.63) is 101 Å². The summed E-state index contributed by atoms with van der Waals surface area (Å²) in [5, 5.41) is 0. The molecule has 1 aromatic heterocycles. The molecule has 4 rings (SSSR count). The Morgan fingerprint density at radius 1 is 0.690 bits per heavy atom. The van der Waals surface area contributed by atoms with Gasteiger partial charge in [0, 0.05) is 5.56 Å². The van der Waals surface area contributed by atoms with Crippen LogP contribution in [0.2, 0.25) is 0 Å². The second kappa shape index (κ2) is 7.69. The molecule has 0 saturated carbocycles. The summed E-state index contributed by atoms with van der Waals surface area (Å²) in [6, 6.07) is 24.1. The normalized spacial score (nSPS) is 10.6. The molecule has 1 heterocycles. The molecule has 0 aliphatic carbocycles. The van der Waals surface area contributed by atoms with Gasteiger partial charge in [-0.15, -0.1) is 0 Å². The van der Waals surface area contributed by atoms with Crippen molar-refractivity contribution in [3.63, 3.8) is 0 Å². The number of aromatic nitrogens is 2. The highest BCUT2D eigenvalue weighted by Gasteiger charge is 2.20. The fraction of sp³-hybridized carbons (Fsp3) is 0.115. The van der Waals surface area contributed by atoms with Gasteiger partial charge in [0.2, 0.25) is 5.69 Å². The first kappa shape index (κ1) is 18.6. The van der Waals surface area contributed by atoms with Gasteiger partial charge in [-0.2, -0.15) is 0 Å². The lowest BCUT2D eigenvalue weighted by Crippen LogP contribution is -2.00. The predicted octanol–water partition coefficient (Wildman–Crippen LogP) is 6.95. The maximum atomic E-state index is 7.86. The molecule has 0 spiro atoms. The van der Waals surface area contributed by atoms with Gasteiger partial charge in [-0.05, 0) is 43.0 Å². The van der Waals surface area contributed by atoms with Crippen molar-refractivity contribution in [2.24, 2.45) is 0 Å². The van der Waals surface area contributed by atoms with Crippen LogP contribution in [-0.4, -0.2) is 9.97 Å². The highest BCUT2D eigenvalue weighted by Crippen LogP contribution is 2.39. The fourth-order valence-electron chi connectivity index (χ4n) is 3.80. The van der Waals surface area contributed by atoms with Crippen LogP contribution in [0.4, 0.5) is 5.69 Å². The van der Waals surface area contributed by atoms with Gasteiger partial charge in [0.1, 0.15) is 0 Å². The van der Waals surface area contributed by atoms with Crippen LogP contribution in [0.15, 0.2) is 72.8 Å². The summed E-state index contributed by atoms with van der Waals surface area (Å²) >= 11 is 0. The molecule has 0 amide bonds. The molecule has 3 aromatic carbocycles. The maximum absolute atomic E-state index is 7.86. The first-order valence-corrected chi connectivity index (χ1v) is 9.57. The molecule has 0 N–H and O–H groups in total. The molecule has 0 aliphatic rings. The zero-order valence-corrected chi connectivity index (χ0v) is 16.8. The zero-order chi connectivity index (χ0) is 20.4. The summed E-state index contributed by atoms with van der Waals surface area (Å²) in [5.41, 5.74) is 8.17. The van der Waals surface area contributed by atoms with Crippen LogP contribution >= 0.6 is 0 Å². The van der Waals surface area contributed by atoms with E-state index in [0.717, 1.165) is 27.8 Å². The van der Waals surface area contributed by atoms with Gasteiger partial charge in [-0.3, -0.25) is 0 Å². The van der Waals surface area contributed by atoms with E-state index in [2.05, 4.69) is 37.7 Å². The van der Waals surface area contributed by atoms with E-state index in [9.17, 15) is 0 Å². The molecule has 3 heteroatoms. The van der Waals surface area contributed by atoms with Crippen LogP contribution in [0, 0.1) is 27.3 Å². The maximum Gasteiger partial charge on any atom is 0.238 e. The Morgan fingerprint density at radius 2 is 1.14 bits per heavy atom. The van der Waals surface area contributed by atoms with Crippen molar-refractivity contribution in [2.75, 3.05) is 0 Å². The Kier molecular flexibility index (Phi) is 4.93. The molecule has 0 unspecified atom stereocenters. The average Bonchev–Trinajstić information content (AvgIpc) is 2.73. The molecule has 4 aromatic rings. The van der Waals surface area contributed by atoms with Crippen molar-refractivity contribution in [1.82, 2.24) is 9.97 Å². The first-order valence-electron chi connectivity index (χ1n) is 9.57. The predicted molar refractivity (Wildman–Crippen MR) is 119 cm³/mol. The third-order valence-corrected chi connectivity index (χ3v) is 4.99. The number of rotatable bonds is 3. The second-order valence-corrected chi connectivity index (χ2v) is 7.21. The van der Waals surface area contributed by atoms with Crippen LogP contribution in [0.5, 0.6) is 0 Å². The van der Waals surface area contributed by atoms with Gasteiger partial charge in [0.25, 0.3) is 0 Å². The standard InChI is InChI=1S/C26H21N3/c1-17-15-18(2)22(19(3)16-17)26-28-23(20-11-7-5-8-12-20)25(27-4)24(29-26)21-13-9-6-10-14-21/h5-16H,1-3H3. The molecule has 0 atom stereocenters. The topological polar surface area (TPSA) is 30.1 Å². The molecule has 0 fully saturated rings. The van der Waals surface area contributed by atoms with E-state index in [1.807, 2.05) is 60.7 Å². The highest BCUT2D eigenvalue weighted by molar-refractivity contribution is 5.88. The molecule has 29 heavy (non-hydrogen) atoms. The van der Waals surface area contributed by atoms with Crippen LogP contribution in [0.1, 0.15) is 16.7 Å². The van der Waals surface area contributed by atoms with Gasteiger partial charge in [0.05, 0.1) is 18.0 Å². The molecule has 0 saturated heterocycles. The Labute approximate surface area is 171 Å². The number of benzene rings is 3. The lowest BCUT2D eigenvalue weighted by atomic mass is 9.98. The smallest absolute Gasteiger partial charge is 0.238 e. The molecule has 0 bridgehead atoms. The first-order chi connectivity index (χ1) is 14.1. The SMILES string of the molecule is [C-]#[N+]c1c(-c2ccccc2)nc(-c2c(C)cc(C)cc2C)nc1-c1ccccc1. The zero-order valence-electron chi connectivity index (χ0n) is 16.8. The summed E-state index contributed by atoms with van der Waals surface area (Å²) in [4.78, 5) is 13.6. The van der Waals surface area contributed by atoms with E-state index in [0.29, 0.717) is 22.9 Å². The lowest BCUT2D eigenvalue weighted by Gasteiger charge is -2.15. The summed E-state index contributed by atoms with van der Waals surface area (Å²) in [5.74, 6) is 0.658. The van der Waals surface area contributed by atoms with Gasteiger partial charge in [0.15, 0.2) is 5.82 Å². The van der Waals surface area contributed by atoms with E-state index >= 15 is 0 Å². The van der Waals surface area contributed by atoms with Crippen LogP contribution in [0.25, 0.3) is 38.7 Å². The molecular weight excluding hydrogens is 354 g/mol. The van der Waals surface area contributed by atoms with Crippen molar-refractivity contribution in [3.8, 4) is 33.9 Å². The van der Waals surface area contributed by atoms with E-state index in [-0.39, 0.29) is 0 Å². The third kappa shape index (κ3) is 3.53. The quantitative estimate of drug-likeness (QED) is 0.363. The minimum Gasteiger partial charge on any atom is -0.240 e. The largest absolute Gasteiger partial charge is 0.240 e. The number of hydrogen-bond acceptors (Lipinski definition) is 2. The average molecular weight is 375 g/mol. The third-order valence-electron chi connectivity index (χ3n) is 4.99.